The van der Waals surface area contributed by atoms with E-state index in [4.69, 9.17) is 4.74 Å². The SMILES string of the molecule is CCC(C)(C)C1CCc2c(sc(NC(=O)c3ccncc3)c2C(=O)OC)C1. The first-order chi connectivity index (χ1) is 12.9. The van der Waals surface area contributed by atoms with Crippen LogP contribution in [0.2, 0.25) is 0 Å². The summed E-state index contributed by atoms with van der Waals surface area (Å²) < 4.78 is 5.01. The molecule has 2 heterocycles. The van der Waals surface area contributed by atoms with Gasteiger partial charge >= 0.3 is 5.97 Å². The van der Waals surface area contributed by atoms with Crippen LogP contribution in [0, 0.1) is 11.3 Å². The molecule has 2 aromatic rings. The number of anilines is 1. The molecule has 1 N–H and O–H groups in total. The first-order valence-corrected chi connectivity index (χ1v) is 10.1. The van der Waals surface area contributed by atoms with Crippen molar-refractivity contribution < 1.29 is 14.3 Å². The zero-order valence-corrected chi connectivity index (χ0v) is 17.1. The zero-order chi connectivity index (χ0) is 19.6. The molecule has 1 aliphatic carbocycles. The van der Waals surface area contributed by atoms with Crippen LogP contribution in [-0.4, -0.2) is 24.0 Å². The van der Waals surface area contributed by atoms with Crippen LogP contribution >= 0.6 is 11.3 Å². The average molecular weight is 387 g/mol. The summed E-state index contributed by atoms with van der Waals surface area (Å²) >= 11 is 1.51. The van der Waals surface area contributed by atoms with E-state index in [0.29, 0.717) is 22.0 Å². The second-order valence-corrected chi connectivity index (χ2v) is 8.78. The molecule has 0 fully saturated rings. The van der Waals surface area contributed by atoms with Gasteiger partial charge < -0.3 is 10.1 Å². The molecule has 0 aromatic carbocycles. The Balaban J connectivity index is 1.93. The number of fused-ring (bicyclic) bond motifs is 1. The van der Waals surface area contributed by atoms with E-state index in [9.17, 15) is 9.59 Å². The van der Waals surface area contributed by atoms with Crippen molar-refractivity contribution in [2.75, 3.05) is 12.4 Å². The van der Waals surface area contributed by atoms with E-state index in [2.05, 4.69) is 31.1 Å². The minimum atomic E-state index is -0.384. The van der Waals surface area contributed by atoms with E-state index in [1.165, 1.54) is 23.3 Å². The fourth-order valence-corrected chi connectivity index (χ4v) is 4.94. The minimum Gasteiger partial charge on any atom is -0.465 e. The van der Waals surface area contributed by atoms with Crippen molar-refractivity contribution in [3.05, 3.63) is 46.1 Å². The molecule has 1 unspecified atom stereocenters. The molecule has 1 amide bonds. The summed E-state index contributed by atoms with van der Waals surface area (Å²) in [6.45, 7) is 6.84. The number of amides is 1. The van der Waals surface area contributed by atoms with Gasteiger partial charge in [-0.05, 0) is 48.3 Å². The number of hydrogen-bond acceptors (Lipinski definition) is 5. The van der Waals surface area contributed by atoms with E-state index < -0.39 is 0 Å². The number of nitrogens with one attached hydrogen (secondary N) is 1. The lowest BCUT2D eigenvalue weighted by Gasteiger charge is -2.36. The van der Waals surface area contributed by atoms with Gasteiger partial charge in [-0.1, -0.05) is 27.2 Å². The highest BCUT2D eigenvalue weighted by Gasteiger charge is 2.35. The molecule has 0 spiro atoms. The summed E-state index contributed by atoms with van der Waals surface area (Å²) in [5, 5.41) is 3.50. The van der Waals surface area contributed by atoms with Crippen molar-refractivity contribution in [2.24, 2.45) is 11.3 Å². The van der Waals surface area contributed by atoms with Crippen molar-refractivity contribution in [2.45, 2.75) is 46.5 Å². The molecule has 144 valence electrons. The highest BCUT2D eigenvalue weighted by atomic mass is 32.1. The number of ether oxygens (including phenoxy) is 1. The molecule has 27 heavy (non-hydrogen) atoms. The van der Waals surface area contributed by atoms with Gasteiger partial charge in [0, 0.05) is 22.8 Å². The summed E-state index contributed by atoms with van der Waals surface area (Å²) in [6, 6.07) is 3.31. The third-order valence-electron chi connectivity index (χ3n) is 5.84. The van der Waals surface area contributed by atoms with E-state index >= 15 is 0 Å². The Kier molecular flexibility index (Phi) is 5.65. The molecule has 0 radical (unpaired) electrons. The van der Waals surface area contributed by atoms with Crippen LogP contribution in [0.1, 0.15) is 64.8 Å². The summed E-state index contributed by atoms with van der Waals surface area (Å²) in [5.41, 5.74) is 2.33. The van der Waals surface area contributed by atoms with Gasteiger partial charge in [0.1, 0.15) is 5.00 Å². The van der Waals surface area contributed by atoms with Gasteiger partial charge in [-0.3, -0.25) is 9.78 Å². The van der Waals surface area contributed by atoms with Crippen molar-refractivity contribution in [3.63, 3.8) is 0 Å². The van der Waals surface area contributed by atoms with E-state index in [-0.39, 0.29) is 17.3 Å². The number of thiophene rings is 1. The molecular weight excluding hydrogens is 360 g/mol. The number of carbonyl (C=O) groups is 2. The van der Waals surface area contributed by atoms with Gasteiger partial charge in [-0.15, -0.1) is 11.3 Å². The van der Waals surface area contributed by atoms with Gasteiger partial charge in [0.2, 0.25) is 0 Å². The molecule has 3 rings (SSSR count). The van der Waals surface area contributed by atoms with Crippen LogP contribution in [0.3, 0.4) is 0 Å². The number of pyridine rings is 1. The number of nitrogens with zero attached hydrogens (tertiary/aromatic N) is 1. The van der Waals surface area contributed by atoms with Gasteiger partial charge in [0.15, 0.2) is 0 Å². The van der Waals surface area contributed by atoms with Crippen LogP contribution in [0.4, 0.5) is 5.00 Å². The second-order valence-electron chi connectivity index (χ2n) is 7.67. The number of aromatic nitrogens is 1. The standard InChI is InChI=1S/C21H26N2O3S/c1-5-21(2,3)14-6-7-15-16(12-14)27-19(17(15)20(25)26-4)23-18(24)13-8-10-22-11-9-13/h8-11,14H,5-7,12H2,1-4H3,(H,23,24). The van der Waals surface area contributed by atoms with Crippen LogP contribution in [-0.2, 0) is 17.6 Å². The molecule has 1 aliphatic rings. The molecule has 0 saturated heterocycles. The lowest BCUT2D eigenvalue weighted by atomic mass is 9.69. The lowest BCUT2D eigenvalue weighted by molar-refractivity contribution is 0.0600. The lowest BCUT2D eigenvalue weighted by Crippen LogP contribution is -2.28. The molecule has 6 heteroatoms. The number of hydrogen-bond donors (Lipinski definition) is 1. The summed E-state index contributed by atoms with van der Waals surface area (Å²) in [5.74, 6) is -0.0554. The molecule has 0 bridgehead atoms. The maximum atomic E-state index is 12.6. The van der Waals surface area contributed by atoms with E-state index in [1.807, 2.05) is 0 Å². The molecule has 0 saturated carbocycles. The summed E-state index contributed by atoms with van der Waals surface area (Å²) in [4.78, 5) is 30.1. The highest BCUT2D eigenvalue weighted by molar-refractivity contribution is 7.17. The predicted molar refractivity (Wildman–Crippen MR) is 107 cm³/mol. The highest BCUT2D eigenvalue weighted by Crippen LogP contribution is 2.45. The monoisotopic (exact) mass is 386 g/mol. The Morgan fingerprint density at radius 1 is 1.33 bits per heavy atom. The maximum Gasteiger partial charge on any atom is 0.341 e. The predicted octanol–water partition coefficient (Wildman–Crippen LogP) is 4.72. The fraction of sp³-hybridized carbons (Fsp3) is 0.476. The zero-order valence-electron chi connectivity index (χ0n) is 16.3. The number of methoxy groups -OCH3 is 1. The first kappa shape index (κ1) is 19.5. The van der Waals surface area contributed by atoms with Crippen LogP contribution < -0.4 is 5.32 Å². The van der Waals surface area contributed by atoms with Crippen molar-refractivity contribution in [3.8, 4) is 0 Å². The van der Waals surface area contributed by atoms with Gasteiger partial charge in [-0.2, -0.15) is 0 Å². The molecule has 5 nitrogen and oxygen atoms in total. The van der Waals surface area contributed by atoms with Crippen molar-refractivity contribution in [1.82, 2.24) is 4.98 Å². The summed E-state index contributed by atoms with van der Waals surface area (Å²) in [7, 11) is 1.38. The Morgan fingerprint density at radius 3 is 2.67 bits per heavy atom. The van der Waals surface area contributed by atoms with Crippen molar-refractivity contribution >= 4 is 28.2 Å². The maximum absolute atomic E-state index is 12.6. The number of rotatable bonds is 5. The average Bonchev–Trinajstić information content (AvgIpc) is 3.04. The third-order valence-corrected chi connectivity index (χ3v) is 7.01. The van der Waals surface area contributed by atoms with Crippen LogP contribution in [0.25, 0.3) is 0 Å². The van der Waals surface area contributed by atoms with E-state index in [1.54, 1.807) is 24.5 Å². The Bertz CT molecular complexity index is 843. The summed E-state index contributed by atoms with van der Waals surface area (Å²) in [6.07, 6.45) is 7.10. The Morgan fingerprint density at radius 2 is 2.04 bits per heavy atom. The largest absolute Gasteiger partial charge is 0.465 e. The molecule has 0 aliphatic heterocycles. The Labute approximate surface area is 164 Å². The van der Waals surface area contributed by atoms with Crippen LogP contribution in [0.15, 0.2) is 24.5 Å². The van der Waals surface area contributed by atoms with Gasteiger partial charge in [-0.25, -0.2) is 4.79 Å². The molecule has 1 atom stereocenters. The van der Waals surface area contributed by atoms with Crippen molar-refractivity contribution in [1.29, 1.82) is 0 Å². The van der Waals surface area contributed by atoms with Gasteiger partial charge in [0.05, 0.1) is 12.7 Å². The second kappa shape index (κ2) is 7.80. The molecule has 2 aromatic heterocycles. The number of esters is 1. The van der Waals surface area contributed by atoms with Gasteiger partial charge in [0.25, 0.3) is 5.91 Å². The smallest absolute Gasteiger partial charge is 0.341 e. The van der Waals surface area contributed by atoms with E-state index in [0.717, 1.165) is 31.2 Å². The Hall–Kier alpha value is -2.21. The first-order valence-electron chi connectivity index (χ1n) is 9.31. The minimum absolute atomic E-state index is 0.244. The number of carbonyl (C=O) groups excluding carboxylic acids is 2. The normalized spacial score (nSPS) is 16.5. The fourth-order valence-electron chi connectivity index (χ4n) is 3.63. The van der Waals surface area contributed by atoms with Crippen LogP contribution in [0.5, 0.6) is 0 Å². The molecular formula is C21H26N2O3S. The quantitative estimate of drug-likeness (QED) is 0.755. The third kappa shape index (κ3) is 3.90. The topological polar surface area (TPSA) is 68.3 Å².